The van der Waals surface area contributed by atoms with E-state index >= 15 is 0 Å². The minimum absolute atomic E-state index is 0.259. The van der Waals surface area contributed by atoms with Crippen molar-refractivity contribution in [2.24, 2.45) is 0 Å². The topological polar surface area (TPSA) is 64.6 Å². The standard InChI is InChI=1S/C8H17N3O2S2/c1-8(4-5-15(12,13)6-8)9-7(14)10-11(2)3/h4-6H2,1-3H3,(H2-,9,10,12,13,14)/p+1/t8-/m0/s1. The van der Waals surface area contributed by atoms with E-state index in [1.807, 2.05) is 21.0 Å². The molecule has 0 amide bonds. The Hall–Kier alpha value is -0.240. The van der Waals surface area contributed by atoms with Crippen molar-refractivity contribution >= 4 is 27.5 Å². The van der Waals surface area contributed by atoms with Gasteiger partial charge in [-0.1, -0.05) is 4.21 Å². The Kier molecular flexibility index (Phi) is 3.70. The summed E-state index contributed by atoms with van der Waals surface area (Å²) >= 11 is 5.08. The highest BCUT2D eigenvalue weighted by molar-refractivity contribution is 7.98. The third-order valence-electron chi connectivity index (χ3n) is 2.26. The molecule has 3 N–H and O–H groups in total. The van der Waals surface area contributed by atoms with E-state index in [2.05, 4.69) is 10.7 Å². The summed E-state index contributed by atoms with van der Waals surface area (Å²) in [6, 6.07) is 0. The van der Waals surface area contributed by atoms with Gasteiger partial charge in [-0.05, 0) is 19.1 Å². The SMILES string of the molecule is CN(C)NC(=S)N[C@@]1(C)CC[S+](=O)(O)C1. The van der Waals surface area contributed by atoms with Crippen molar-refractivity contribution in [1.82, 2.24) is 15.8 Å². The Balaban J connectivity index is 2.52. The lowest BCUT2D eigenvalue weighted by Crippen LogP contribution is -2.53. The predicted octanol–water partition coefficient (Wildman–Crippen LogP) is 0.0620. The van der Waals surface area contributed by atoms with Gasteiger partial charge in [0.1, 0.15) is 5.75 Å². The van der Waals surface area contributed by atoms with Gasteiger partial charge in [0.05, 0.1) is 5.54 Å². The Bertz CT molecular complexity index is 308. The maximum atomic E-state index is 11.4. The molecule has 0 spiro atoms. The van der Waals surface area contributed by atoms with Gasteiger partial charge >= 0.3 is 0 Å². The van der Waals surface area contributed by atoms with Gasteiger partial charge in [-0.25, -0.2) is 5.01 Å². The highest BCUT2D eigenvalue weighted by atomic mass is 32.3. The van der Waals surface area contributed by atoms with Gasteiger partial charge in [0.15, 0.2) is 10.9 Å². The number of hydrazine groups is 1. The molecule has 0 aliphatic carbocycles. The van der Waals surface area contributed by atoms with Crippen LogP contribution in [0.3, 0.4) is 0 Å². The molecule has 15 heavy (non-hydrogen) atoms. The molecule has 1 unspecified atom stereocenters. The number of hydrogen-bond acceptors (Lipinski definition) is 3. The van der Waals surface area contributed by atoms with E-state index in [1.54, 1.807) is 5.01 Å². The number of rotatable bonds is 2. The summed E-state index contributed by atoms with van der Waals surface area (Å²) in [5.41, 5.74) is 2.53. The highest BCUT2D eigenvalue weighted by Gasteiger charge is 2.47. The summed E-state index contributed by atoms with van der Waals surface area (Å²) in [5, 5.41) is 5.29. The summed E-state index contributed by atoms with van der Waals surface area (Å²) in [6.45, 7) is 1.92. The van der Waals surface area contributed by atoms with E-state index in [4.69, 9.17) is 12.2 Å². The minimum atomic E-state index is -2.64. The van der Waals surface area contributed by atoms with E-state index in [9.17, 15) is 8.76 Å². The third kappa shape index (κ3) is 4.02. The van der Waals surface area contributed by atoms with Gasteiger partial charge in [0.2, 0.25) is 10.2 Å². The molecule has 0 aromatic heterocycles. The highest BCUT2D eigenvalue weighted by Crippen LogP contribution is 2.26. The third-order valence-corrected chi connectivity index (χ3v) is 4.38. The lowest BCUT2D eigenvalue weighted by atomic mass is 10.0. The van der Waals surface area contributed by atoms with Crippen molar-refractivity contribution in [3.63, 3.8) is 0 Å². The molecule has 0 aromatic rings. The van der Waals surface area contributed by atoms with Crippen LogP contribution in [0.15, 0.2) is 0 Å². The number of nitrogens with zero attached hydrogens (tertiary/aromatic N) is 1. The van der Waals surface area contributed by atoms with Gasteiger partial charge in [0, 0.05) is 20.5 Å². The summed E-state index contributed by atoms with van der Waals surface area (Å²) in [7, 11) is 1.03. The fraction of sp³-hybridized carbons (Fsp3) is 0.875. The summed E-state index contributed by atoms with van der Waals surface area (Å²) < 4.78 is 20.9. The maximum Gasteiger partial charge on any atom is 0.216 e. The van der Waals surface area contributed by atoms with Gasteiger partial charge < -0.3 is 5.32 Å². The van der Waals surface area contributed by atoms with Crippen LogP contribution in [0.5, 0.6) is 0 Å². The second-order valence-corrected chi connectivity index (χ2v) is 7.04. The van der Waals surface area contributed by atoms with Crippen LogP contribution in [0.25, 0.3) is 0 Å². The molecule has 7 heteroatoms. The van der Waals surface area contributed by atoms with Gasteiger partial charge in [-0.3, -0.25) is 5.43 Å². The average Bonchev–Trinajstić information content (AvgIpc) is 2.22. The van der Waals surface area contributed by atoms with Crippen LogP contribution in [0.2, 0.25) is 0 Å². The molecule has 1 aliphatic rings. The van der Waals surface area contributed by atoms with Crippen LogP contribution in [0.1, 0.15) is 13.3 Å². The molecule has 1 aliphatic heterocycles. The Morgan fingerprint density at radius 2 is 2.20 bits per heavy atom. The van der Waals surface area contributed by atoms with Gasteiger partial charge in [-0.2, -0.15) is 4.55 Å². The van der Waals surface area contributed by atoms with Crippen LogP contribution < -0.4 is 10.7 Å². The quantitative estimate of drug-likeness (QED) is 0.367. The Labute approximate surface area is 96.8 Å². The van der Waals surface area contributed by atoms with Crippen molar-refractivity contribution < 1.29 is 8.76 Å². The summed E-state index contributed by atoms with van der Waals surface area (Å²) in [5.74, 6) is 0.607. The fourth-order valence-corrected chi connectivity index (χ4v) is 4.19. The van der Waals surface area contributed by atoms with Crippen molar-refractivity contribution in [3.05, 3.63) is 0 Å². The monoisotopic (exact) mass is 252 g/mol. The summed E-state index contributed by atoms with van der Waals surface area (Å²) in [6.07, 6.45) is 0.664. The van der Waals surface area contributed by atoms with E-state index in [-0.39, 0.29) is 11.3 Å². The van der Waals surface area contributed by atoms with Gasteiger partial charge in [-0.15, -0.1) is 0 Å². The molecule has 5 nitrogen and oxygen atoms in total. The van der Waals surface area contributed by atoms with Crippen LogP contribution in [0, 0.1) is 0 Å². The van der Waals surface area contributed by atoms with Crippen molar-refractivity contribution in [1.29, 1.82) is 0 Å². The maximum absolute atomic E-state index is 11.4. The molecule has 1 saturated heterocycles. The molecule has 0 bridgehead atoms. The molecule has 2 atom stereocenters. The second-order valence-electron chi connectivity index (χ2n) is 4.39. The second kappa shape index (κ2) is 4.32. The number of nitrogens with one attached hydrogen (secondary N) is 2. The zero-order chi connectivity index (χ0) is 11.7. The largest absolute Gasteiger partial charge is 0.351 e. The zero-order valence-electron chi connectivity index (χ0n) is 9.24. The van der Waals surface area contributed by atoms with Crippen LogP contribution in [-0.2, 0) is 14.4 Å². The van der Waals surface area contributed by atoms with E-state index in [0.29, 0.717) is 17.3 Å². The first-order chi connectivity index (χ1) is 6.72. The lowest BCUT2D eigenvalue weighted by Gasteiger charge is -2.25. The smallest absolute Gasteiger partial charge is 0.216 e. The van der Waals surface area contributed by atoms with Crippen LogP contribution in [-0.4, -0.2) is 45.8 Å². The first kappa shape index (κ1) is 12.8. The molecular weight excluding hydrogens is 234 g/mol. The molecular formula is C8H18N3O2S2+. The van der Waals surface area contributed by atoms with E-state index in [0.717, 1.165) is 0 Å². The minimum Gasteiger partial charge on any atom is -0.351 e. The fourth-order valence-electron chi connectivity index (χ4n) is 1.63. The normalized spacial score (nSPS) is 35.5. The van der Waals surface area contributed by atoms with E-state index in [1.165, 1.54) is 0 Å². The van der Waals surface area contributed by atoms with Crippen LogP contribution >= 0.6 is 12.2 Å². The summed E-state index contributed by atoms with van der Waals surface area (Å²) in [4.78, 5) is 0. The predicted molar refractivity (Wildman–Crippen MR) is 66.0 cm³/mol. The van der Waals surface area contributed by atoms with Gasteiger partial charge in [0.25, 0.3) is 0 Å². The first-order valence-corrected chi connectivity index (χ1v) is 6.97. The zero-order valence-corrected chi connectivity index (χ0v) is 10.9. The van der Waals surface area contributed by atoms with E-state index < -0.39 is 10.2 Å². The molecule has 0 radical (unpaired) electrons. The van der Waals surface area contributed by atoms with Crippen molar-refractivity contribution in [3.8, 4) is 0 Å². The molecule has 1 heterocycles. The molecule has 1 fully saturated rings. The van der Waals surface area contributed by atoms with Crippen LogP contribution in [0.4, 0.5) is 0 Å². The average molecular weight is 252 g/mol. The Morgan fingerprint density at radius 3 is 2.60 bits per heavy atom. The molecule has 88 valence electrons. The number of thiocarbonyl (C=S) groups is 1. The molecule has 1 rings (SSSR count). The van der Waals surface area contributed by atoms with Crippen molar-refractivity contribution in [2.45, 2.75) is 18.9 Å². The molecule has 0 saturated carbocycles. The Morgan fingerprint density at radius 1 is 1.60 bits per heavy atom. The lowest BCUT2D eigenvalue weighted by molar-refractivity contribution is 0.349. The number of hydrogen-bond donors (Lipinski definition) is 3. The first-order valence-electron chi connectivity index (χ1n) is 4.71. The van der Waals surface area contributed by atoms with Crippen molar-refractivity contribution in [2.75, 3.05) is 25.6 Å². The molecule has 0 aromatic carbocycles.